The maximum Gasteiger partial charge on any atom is 0.194 e. The zero-order chi connectivity index (χ0) is 16.4. The number of aryl methyl sites for hydroxylation is 1. The number of aromatic nitrogens is 1. The van der Waals surface area contributed by atoms with Crippen molar-refractivity contribution in [3.63, 3.8) is 0 Å². The van der Waals surface area contributed by atoms with E-state index in [-0.39, 0.29) is 0 Å². The van der Waals surface area contributed by atoms with E-state index in [0.717, 1.165) is 49.4 Å². The smallest absolute Gasteiger partial charge is 0.194 e. The quantitative estimate of drug-likeness (QED) is 0.560. The van der Waals surface area contributed by atoms with Gasteiger partial charge in [-0.3, -0.25) is 4.99 Å². The number of thiazole rings is 1. The second kappa shape index (κ2) is 10.6. The van der Waals surface area contributed by atoms with Gasteiger partial charge in [-0.25, -0.2) is 4.98 Å². The van der Waals surface area contributed by atoms with Crippen molar-refractivity contribution in [2.75, 3.05) is 40.3 Å². The van der Waals surface area contributed by atoms with Gasteiger partial charge in [-0.1, -0.05) is 13.3 Å². The van der Waals surface area contributed by atoms with E-state index in [1.165, 1.54) is 12.8 Å². The minimum atomic E-state index is 0.793. The van der Waals surface area contributed by atoms with E-state index in [1.807, 2.05) is 6.92 Å². The van der Waals surface area contributed by atoms with Crippen molar-refractivity contribution in [1.82, 2.24) is 20.1 Å². The summed E-state index contributed by atoms with van der Waals surface area (Å²) in [7, 11) is 4.23. The van der Waals surface area contributed by atoms with Crippen molar-refractivity contribution in [3.05, 3.63) is 16.1 Å². The monoisotopic (exact) mass is 325 g/mol. The van der Waals surface area contributed by atoms with E-state index in [9.17, 15) is 0 Å². The van der Waals surface area contributed by atoms with Crippen molar-refractivity contribution in [3.8, 4) is 0 Å². The molecule has 6 heteroatoms. The molecule has 126 valence electrons. The maximum atomic E-state index is 4.73. The molecule has 0 fully saturated rings. The molecule has 0 amide bonds. The van der Waals surface area contributed by atoms with E-state index in [0.29, 0.717) is 0 Å². The van der Waals surface area contributed by atoms with Gasteiger partial charge in [0.25, 0.3) is 0 Å². The van der Waals surface area contributed by atoms with Gasteiger partial charge in [0, 0.05) is 25.5 Å². The first-order valence-electron chi connectivity index (χ1n) is 8.15. The Balaban J connectivity index is 2.49. The minimum absolute atomic E-state index is 0.793. The van der Waals surface area contributed by atoms with Crippen LogP contribution in [-0.4, -0.2) is 61.0 Å². The SMILES string of the molecule is CCCCN(C)CCN=C(NCC)N(C)Cc1csc(C)n1. The first-order valence-corrected chi connectivity index (χ1v) is 9.03. The van der Waals surface area contributed by atoms with Crippen LogP contribution < -0.4 is 5.32 Å². The van der Waals surface area contributed by atoms with Crippen molar-refractivity contribution in [2.24, 2.45) is 4.99 Å². The Morgan fingerprint density at radius 1 is 1.32 bits per heavy atom. The molecule has 1 aromatic rings. The molecule has 1 rings (SSSR count). The lowest BCUT2D eigenvalue weighted by molar-refractivity contribution is 0.336. The standard InChI is InChI=1S/C16H31N5S/c1-6-8-10-20(4)11-9-18-16(17-7-2)21(5)12-15-13-22-14(3)19-15/h13H,6-12H2,1-5H3,(H,17,18). The van der Waals surface area contributed by atoms with E-state index in [4.69, 9.17) is 4.99 Å². The number of nitrogens with zero attached hydrogens (tertiary/aromatic N) is 4. The molecule has 0 saturated carbocycles. The average molecular weight is 326 g/mol. The summed E-state index contributed by atoms with van der Waals surface area (Å²) in [5, 5.41) is 6.59. The lowest BCUT2D eigenvalue weighted by Gasteiger charge is -2.22. The summed E-state index contributed by atoms with van der Waals surface area (Å²) in [5.74, 6) is 0.956. The molecule has 1 heterocycles. The largest absolute Gasteiger partial charge is 0.357 e. The third-order valence-corrected chi connectivity index (χ3v) is 4.22. The molecule has 0 saturated heterocycles. The third kappa shape index (κ3) is 7.22. The van der Waals surface area contributed by atoms with E-state index in [1.54, 1.807) is 11.3 Å². The summed E-state index contributed by atoms with van der Waals surface area (Å²) >= 11 is 1.70. The first-order chi connectivity index (χ1) is 10.6. The maximum absolute atomic E-state index is 4.73. The van der Waals surface area contributed by atoms with Crippen molar-refractivity contribution in [1.29, 1.82) is 0 Å². The fourth-order valence-electron chi connectivity index (χ4n) is 2.13. The molecule has 0 aliphatic rings. The molecule has 0 radical (unpaired) electrons. The van der Waals surface area contributed by atoms with E-state index in [2.05, 4.69) is 53.4 Å². The average Bonchev–Trinajstić information content (AvgIpc) is 2.89. The second-order valence-electron chi connectivity index (χ2n) is 5.61. The van der Waals surface area contributed by atoms with Crippen molar-refractivity contribution >= 4 is 17.3 Å². The molecule has 22 heavy (non-hydrogen) atoms. The van der Waals surface area contributed by atoms with Gasteiger partial charge < -0.3 is 15.1 Å². The fraction of sp³-hybridized carbons (Fsp3) is 0.750. The number of aliphatic imine (C=N–C) groups is 1. The molecule has 5 nitrogen and oxygen atoms in total. The fourth-order valence-corrected chi connectivity index (χ4v) is 2.74. The van der Waals surface area contributed by atoms with Crippen LogP contribution in [0.2, 0.25) is 0 Å². The van der Waals surface area contributed by atoms with Crippen LogP contribution in [0.25, 0.3) is 0 Å². The molecule has 0 aromatic carbocycles. The molecular formula is C16H31N5S. The van der Waals surface area contributed by atoms with Crippen molar-refractivity contribution < 1.29 is 0 Å². The molecule has 0 spiro atoms. The van der Waals surface area contributed by atoms with Crippen LogP contribution in [0.1, 0.15) is 37.4 Å². The molecule has 0 atom stereocenters. The van der Waals surface area contributed by atoms with Crippen LogP contribution in [0.5, 0.6) is 0 Å². The van der Waals surface area contributed by atoms with Gasteiger partial charge in [0.1, 0.15) is 0 Å². The summed E-state index contributed by atoms with van der Waals surface area (Å²) in [6.45, 7) is 11.0. The van der Waals surface area contributed by atoms with Gasteiger partial charge in [-0.2, -0.15) is 0 Å². The number of rotatable bonds is 9. The summed E-state index contributed by atoms with van der Waals surface area (Å²) in [6, 6.07) is 0. The van der Waals surface area contributed by atoms with Crippen LogP contribution in [0, 0.1) is 6.92 Å². The van der Waals surface area contributed by atoms with E-state index >= 15 is 0 Å². The Morgan fingerprint density at radius 3 is 2.68 bits per heavy atom. The zero-order valence-corrected chi connectivity index (χ0v) is 15.5. The van der Waals surface area contributed by atoms with Gasteiger partial charge in [0.2, 0.25) is 0 Å². The number of likely N-dealkylation sites (N-methyl/N-ethyl adjacent to an activating group) is 1. The molecule has 1 N–H and O–H groups in total. The Kier molecular flexibility index (Phi) is 9.08. The lowest BCUT2D eigenvalue weighted by atomic mass is 10.3. The Labute approximate surface area is 139 Å². The van der Waals surface area contributed by atoms with Gasteiger partial charge in [-0.05, 0) is 33.9 Å². The summed E-state index contributed by atoms with van der Waals surface area (Å²) < 4.78 is 0. The van der Waals surface area contributed by atoms with E-state index < -0.39 is 0 Å². The highest BCUT2D eigenvalue weighted by atomic mass is 32.1. The normalized spacial score (nSPS) is 12.0. The third-order valence-electron chi connectivity index (χ3n) is 3.40. The minimum Gasteiger partial charge on any atom is -0.357 e. The zero-order valence-electron chi connectivity index (χ0n) is 14.7. The topological polar surface area (TPSA) is 43.8 Å². The number of hydrogen-bond acceptors (Lipinski definition) is 4. The van der Waals surface area contributed by atoms with Crippen LogP contribution in [0.3, 0.4) is 0 Å². The van der Waals surface area contributed by atoms with Gasteiger partial charge in [0.05, 0.1) is 23.8 Å². The summed E-state index contributed by atoms with van der Waals surface area (Å²) in [4.78, 5) is 13.7. The Hall–Kier alpha value is -1.14. The van der Waals surface area contributed by atoms with Crippen LogP contribution in [0.15, 0.2) is 10.4 Å². The lowest BCUT2D eigenvalue weighted by Crippen LogP contribution is -2.39. The molecule has 0 unspecified atom stereocenters. The highest BCUT2D eigenvalue weighted by molar-refractivity contribution is 7.09. The molecule has 0 bridgehead atoms. The number of guanidine groups is 1. The molecular weight excluding hydrogens is 294 g/mol. The predicted molar refractivity (Wildman–Crippen MR) is 96.7 cm³/mol. The highest BCUT2D eigenvalue weighted by Gasteiger charge is 2.08. The molecule has 0 aliphatic heterocycles. The summed E-state index contributed by atoms with van der Waals surface area (Å²) in [5.41, 5.74) is 1.11. The summed E-state index contributed by atoms with van der Waals surface area (Å²) in [6.07, 6.45) is 2.50. The second-order valence-corrected chi connectivity index (χ2v) is 6.67. The molecule has 0 aliphatic carbocycles. The van der Waals surface area contributed by atoms with Gasteiger partial charge >= 0.3 is 0 Å². The number of hydrogen-bond donors (Lipinski definition) is 1. The number of unbranched alkanes of at least 4 members (excludes halogenated alkanes) is 1. The number of nitrogens with one attached hydrogen (secondary N) is 1. The highest BCUT2D eigenvalue weighted by Crippen LogP contribution is 2.09. The van der Waals surface area contributed by atoms with Crippen LogP contribution in [0.4, 0.5) is 0 Å². The Morgan fingerprint density at radius 2 is 2.09 bits per heavy atom. The van der Waals surface area contributed by atoms with Crippen LogP contribution >= 0.6 is 11.3 Å². The van der Waals surface area contributed by atoms with Gasteiger partial charge in [0.15, 0.2) is 5.96 Å². The van der Waals surface area contributed by atoms with Gasteiger partial charge in [-0.15, -0.1) is 11.3 Å². The van der Waals surface area contributed by atoms with Crippen LogP contribution in [-0.2, 0) is 6.54 Å². The first kappa shape index (κ1) is 18.9. The van der Waals surface area contributed by atoms with Crippen molar-refractivity contribution in [2.45, 2.75) is 40.2 Å². The molecule has 1 aromatic heterocycles. The predicted octanol–water partition coefficient (Wildman–Crippen LogP) is 2.58. The Bertz CT molecular complexity index is 443.